The topological polar surface area (TPSA) is 68.2 Å². The number of aliphatic hydroxyl groups is 1. The Labute approximate surface area is 163 Å². The van der Waals surface area contributed by atoms with E-state index in [2.05, 4.69) is 32.0 Å². The molecular formula is C23H34N2O2. The highest BCUT2D eigenvalue weighted by atomic mass is 16.3. The van der Waals surface area contributed by atoms with E-state index in [1.165, 1.54) is 16.7 Å². The van der Waals surface area contributed by atoms with Crippen LogP contribution < -0.4 is 5.73 Å². The molecule has 148 valence electrons. The zero-order valence-corrected chi connectivity index (χ0v) is 17.4. The third-order valence-corrected chi connectivity index (χ3v) is 5.60. The number of hydrogen-bond acceptors (Lipinski definition) is 3. The highest BCUT2D eigenvalue weighted by molar-refractivity contribution is 5.95. The minimum atomic E-state index is -0.590. The van der Waals surface area contributed by atoms with Crippen LogP contribution in [0.1, 0.15) is 64.6 Å². The maximum absolute atomic E-state index is 12.7. The molecule has 1 heterocycles. The second kappa shape index (κ2) is 8.85. The molecule has 0 amide bonds. The van der Waals surface area contributed by atoms with E-state index in [-0.39, 0.29) is 12.4 Å². The molecule has 0 bridgehead atoms. The number of Topliss-reactive ketones (excluding diaryl/α,β-unsaturated/α-hetero) is 1. The minimum absolute atomic E-state index is 0.0409. The summed E-state index contributed by atoms with van der Waals surface area (Å²) in [6, 6.07) is 8.51. The van der Waals surface area contributed by atoms with E-state index in [1.54, 1.807) is 0 Å². The van der Waals surface area contributed by atoms with Crippen molar-refractivity contribution in [3.8, 4) is 0 Å². The first-order chi connectivity index (χ1) is 12.6. The van der Waals surface area contributed by atoms with Gasteiger partial charge in [-0.3, -0.25) is 4.79 Å². The Hall–Kier alpha value is -1.91. The maximum atomic E-state index is 12.7. The summed E-state index contributed by atoms with van der Waals surface area (Å²) >= 11 is 0. The second-order valence-electron chi connectivity index (χ2n) is 8.23. The number of carbonyl (C=O) groups is 1. The van der Waals surface area contributed by atoms with Gasteiger partial charge in [0, 0.05) is 24.7 Å². The molecule has 0 aliphatic rings. The number of hydrogen-bond donors (Lipinski definition) is 2. The van der Waals surface area contributed by atoms with Crippen molar-refractivity contribution in [3.05, 3.63) is 57.9 Å². The zero-order valence-electron chi connectivity index (χ0n) is 17.4. The SMILES string of the molecule is Cc1ccc(CCCC(=O)c2cc(C)c(CC[C@@](C)(N)CO)n2C)cc1C. The lowest BCUT2D eigenvalue weighted by Crippen LogP contribution is -2.40. The summed E-state index contributed by atoms with van der Waals surface area (Å²) in [6.07, 6.45) is 3.76. The van der Waals surface area contributed by atoms with Gasteiger partial charge in [0.25, 0.3) is 0 Å². The summed E-state index contributed by atoms with van der Waals surface area (Å²) in [5.41, 5.74) is 12.4. The molecule has 1 aromatic carbocycles. The molecule has 0 radical (unpaired) electrons. The van der Waals surface area contributed by atoms with Crippen LogP contribution in [0.15, 0.2) is 24.3 Å². The Balaban J connectivity index is 1.98. The highest BCUT2D eigenvalue weighted by Crippen LogP contribution is 2.21. The predicted molar refractivity (Wildman–Crippen MR) is 111 cm³/mol. The van der Waals surface area contributed by atoms with E-state index in [1.807, 2.05) is 31.5 Å². The van der Waals surface area contributed by atoms with Crippen LogP contribution in [0.4, 0.5) is 0 Å². The smallest absolute Gasteiger partial charge is 0.179 e. The number of aliphatic hydroxyl groups excluding tert-OH is 1. The van der Waals surface area contributed by atoms with Crippen LogP contribution in [0.25, 0.3) is 0 Å². The number of nitrogens with two attached hydrogens (primary N) is 1. The average Bonchev–Trinajstić information content (AvgIpc) is 2.90. The number of nitrogens with zero attached hydrogens (tertiary/aromatic N) is 1. The van der Waals surface area contributed by atoms with Gasteiger partial charge in [0.05, 0.1) is 12.3 Å². The van der Waals surface area contributed by atoms with Gasteiger partial charge in [-0.15, -0.1) is 0 Å². The van der Waals surface area contributed by atoms with Gasteiger partial charge in [-0.05, 0) is 81.7 Å². The van der Waals surface area contributed by atoms with E-state index in [0.29, 0.717) is 12.8 Å². The minimum Gasteiger partial charge on any atom is -0.394 e. The van der Waals surface area contributed by atoms with E-state index in [0.717, 1.165) is 36.2 Å². The summed E-state index contributed by atoms with van der Waals surface area (Å²) in [7, 11) is 1.95. The van der Waals surface area contributed by atoms with Crippen LogP contribution in [0, 0.1) is 20.8 Å². The van der Waals surface area contributed by atoms with Crippen molar-refractivity contribution in [2.24, 2.45) is 12.8 Å². The number of rotatable bonds is 9. The predicted octanol–water partition coefficient (Wildman–Crippen LogP) is 3.80. The Morgan fingerprint density at radius 3 is 2.44 bits per heavy atom. The number of aryl methyl sites for hydroxylation is 4. The summed E-state index contributed by atoms with van der Waals surface area (Å²) in [4.78, 5) is 12.7. The monoisotopic (exact) mass is 370 g/mol. The van der Waals surface area contributed by atoms with Crippen LogP contribution in [0.3, 0.4) is 0 Å². The molecule has 0 saturated carbocycles. The molecule has 0 aliphatic carbocycles. The first-order valence-electron chi connectivity index (χ1n) is 9.79. The number of benzene rings is 1. The summed E-state index contributed by atoms with van der Waals surface area (Å²) < 4.78 is 2.00. The Bertz CT molecular complexity index is 803. The molecule has 1 atom stereocenters. The van der Waals surface area contributed by atoms with Gasteiger partial charge in [-0.2, -0.15) is 0 Å². The Morgan fingerprint density at radius 1 is 1.11 bits per heavy atom. The molecule has 0 fully saturated rings. The van der Waals surface area contributed by atoms with Crippen molar-refractivity contribution in [3.63, 3.8) is 0 Å². The van der Waals surface area contributed by atoms with Crippen molar-refractivity contribution >= 4 is 5.78 Å². The van der Waals surface area contributed by atoms with Crippen LogP contribution in [-0.2, 0) is 19.9 Å². The molecule has 1 aromatic heterocycles. The van der Waals surface area contributed by atoms with Crippen LogP contribution >= 0.6 is 0 Å². The molecule has 0 unspecified atom stereocenters. The molecular weight excluding hydrogens is 336 g/mol. The van der Waals surface area contributed by atoms with Crippen molar-refractivity contribution in [2.45, 2.75) is 65.3 Å². The van der Waals surface area contributed by atoms with Gasteiger partial charge >= 0.3 is 0 Å². The first kappa shape index (κ1) is 21.4. The molecule has 0 aliphatic heterocycles. The van der Waals surface area contributed by atoms with Gasteiger partial charge in [0.1, 0.15) is 0 Å². The summed E-state index contributed by atoms with van der Waals surface area (Å²) in [5.74, 6) is 0.188. The normalized spacial score (nSPS) is 13.6. The number of ketones is 1. The fourth-order valence-corrected chi connectivity index (χ4v) is 3.45. The standard InChI is InChI=1S/C23H34N2O2/c1-16-9-10-19(13-17(16)2)7-6-8-22(27)21-14-18(3)20(25(21)5)11-12-23(4,24)15-26/h9-10,13-14,26H,6-8,11-12,15,24H2,1-5H3/t23-/m1/s1. The summed E-state index contributed by atoms with van der Waals surface area (Å²) in [6.45, 7) is 8.09. The fourth-order valence-electron chi connectivity index (χ4n) is 3.45. The number of aromatic nitrogens is 1. The van der Waals surface area contributed by atoms with Crippen LogP contribution in [0.5, 0.6) is 0 Å². The summed E-state index contributed by atoms with van der Waals surface area (Å²) in [5, 5.41) is 9.34. The van der Waals surface area contributed by atoms with E-state index in [4.69, 9.17) is 5.73 Å². The molecule has 0 spiro atoms. The van der Waals surface area contributed by atoms with Crippen molar-refractivity contribution < 1.29 is 9.90 Å². The molecule has 2 aromatic rings. The molecule has 2 rings (SSSR count). The van der Waals surface area contributed by atoms with E-state index < -0.39 is 5.54 Å². The highest BCUT2D eigenvalue weighted by Gasteiger charge is 2.20. The third-order valence-electron chi connectivity index (χ3n) is 5.60. The third kappa shape index (κ3) is 5.53. The molecule has 3 N–H and O–H groups in total. The Kier molecular flexibility index (Phi) is 7.01. The zero-order chi connectivity index (χ0) is 20.2. The largest absolute Gasteiger partial charge is 0.394 e. The van der Waals surface area contributed by atoms with Crippen LogP contribution in [0.2, 0.25) is 0 Å². The fraction of sp³-hybridized carbons (Fsp3) is 0.522. The number of carbonyl (C=O) groups excluding carboxylic acids is 1. The average molecular weight is 371 g/mol. The lowest BCUT2D eigenvalue weighted by Gasteiger charge is -2.22. The van der Waals surface area contributed by atoms with Gasteiger partial charge < -0.3 is 15.4 Å². The molecule has 0 saturated heterocycles. The molecule has 27 heavy (non-hydrogen) atoms. The second-order valence-corrected chi connectivity index (χ2v) is 8.23. The quantitative estimate of drug-likeness (QED) is 0.660. The van der Waals surface area contributed by atoms with Crippen molar-refractivity contribution in [1.29, 1.82) is 0 Å². The lowest BCUT2D eigenvalue weighted by molar-refractivity contribution is 0.0972. The molecule has 4 heteroatoms. The van der Waals surface area contributed by atoms with E-state index in [9.17, 15) is 9.90 Å². The van der Waals surface area contributed by atoms with Crippen molar-refractivity contribution in [1.82, 2.24) is 4.57 Å². The van der Waals surface area contributed by atoms with E-state index >= 15 is 0 Å². The molecule has 4 nitrogen and oxygen atoms in total. The van der Waals surface area contributed by atoms with Gasteiger partial charge in [0.15, 0.2) is 5.78 Å². The Morgan fingerprint density at radius 2 is 1.81 bits per heavy atom. The van der Waals surface area contributed by atoms with Crippen LogP contribution in [-0.4, -0.2) is 27.6 Å². The van der Waals surface area contributed by atoms with Gasteiger partial charge in [-0.25, -0.2) is 0 Å². The lowest BCUT2D eigenvalue weighted by atomic mass is 9.96. The maximum Gasteiger partial charge on any atom is 0.179 e. The van der Waals surface area contributed by atoms with Gasteiger partial charge in [-0.1, -0.05) is 18.2 Å². The van der Waals surface area contributed by atoms with Crippen molar-refractivity contribution in [2.75, 3.05) is 6.61 Å². The van der Waals surface area contributed by atoms with Gasteiger partial charge in [0.2, 0.25) is 0 Å². The first-order valence-corrected chi connectivity index (χ1v) is 9.79.